The van der Waals surface area contributed by atoms with Crippen LogP contribution in [0.1, 0.15) is 27.1 Å². The first-order valence-corrected chi connectivity index (χ1v) is 10.6. The summed E-state index contributed by atoms with van der Waals surface area (Å²) in [6, 6.07) is 18.8. The van der Waals surface area contributed by atoms with E-state index in [-0.39, 0.29) is 11.1 Å². The Morgan fingerprint density at radius 3 is 1.63 bits per heavy atom. The van der Waals surface area contributed by atoms with Gasteiger partial charge in [-0.3, -0.25) is 20.4 Å². The SMILES string of the molecule is COc1ccc(N=Nc2ccc(OCCCOc3cc(C(=O)NN)cc(C(=O)NN)c3)cc2)cc1. The fourth-order valence-electron chi connectivity index (χ4n) is 2.92. The zero-order valence-corrected chi connectivity index (χ0v) is 19.1. The smallest absolute Gasteiger partial charge is 0.265 e. The quantitative estimate of drug-likeness (QED) is 0.108. The van der Waals surface area contributed by atoms with E-state index in [1.54, 1.807) is 31.4 Å². The molecule has 0 saturated heterocycles. The summed E-state index contributed by atoms with van der Waals surface area (Å²) in [6.45, 7) is 0.692. The third-order valence-electron chi connectivity index (χ3n) is 4.71. The van der Waals surface area contributed by atoms with Crippen molar-refractivity contribution in [3.63, 3.8) is 0 Å². The lowest BCUT2D eigenvalue weighted by molar-refractivity contribution is 0.0953. The summed E-state index contributed by atoms with van der Waals surface area (Å²) in [6.07, 6.45) is 0.560. The summed E-state index contributed by atoms with van der Waals surface area (Å²) < 4.78 is 16.5. The van der Waals surface area contributed by atoms with Gasteiger partial charge < -0.3 is 14.2 Å². The first kappa shape index (κ1) is 25.1. The topological polar surface area (TPSA) is 163 Å². The number of hydrogen-bond acceptors (Lipinski definition) is 9. The van der Waals surface area contributed by atoms with Gasteiger partial charge in [0.05, 0.1) is 31.7 Å². The summed E-state index contributed by atoms with van der Waals surface area (Å²) in [7, 11) is 1.61. The Bertz CT molecular complexity index is 1130. The van der Waals surface area contributed by atoms with Gasteiger partial charge in [0.15, 0.2) is 0 Å². The van der Waals surface area contributed by atoms with Gasteiger partial charge >= 0.3 is 0 Å². The zero-order valence-electron chi connectivity index (χ0n) is 19.1. The van der Waals surface area contributed by atoms with Crippen molar-refractivity contribution in [1.29, 1.82) is 0 Å². The summed E-state index contributed by atoms with van der Waals surface area (Å²) in [4.78, 5) is 23.7. The van der Waals surface area contributed by atoms with E-state index < -0.39 is 11.8 Å². The molecule has 2 amide bonds. The highest BCUT2D eigenvalue weighted by atomic mass is 16.5. The molecule has 11 heteroatoms. The number of nitrogens with one attached hydrogen (secondary N) is 2. The summed E-state index contributed by atoms with van der Waals surface area (Å²) in [5.41, 5.74) is 5.78. The highest BCUT2D eigenvalue weighted by molar-refractivity contribution is 5.99. The number of hydrazine groups is 2. The van der Waals surface area contributed by atoms with E-state index in [0.29, 0.717) is 36.8 Å². The van der Waals surface area contributed by atoms with E-state index in [1.165, 1.54) is 18.2 Å². The van der Waals surface area contributed by atoms with Crippen molar-refractivity contribution in [1.82, 2.24) is 10.9 Å². The molecule has 0 atom stereocenters. The number of nitrogen functional groups attached to an aromatic ring is 2. The molecule has 182 valence electrons. The maximum atomic E-state index is 11.8. The van der Waals surface area contributed by atoms with Crippen LogP contribution in [0.25, 0.3) is 0 Å². The van der Waals surface area contributed by atoms with E-state index in [1.807, 2.05) is 35.1 Å². The molecule has 0 aromatic heterocycles. The van der Waals surface area contributed by atoms with Crippen molar-refractivity contribution in [2.24, 2.45) is 21.9 Å². The molecule has 11 nitrogen and oxygen atoms in total. The van der Waals surface area contributed by atoms with E-state index >= 15 is 0 Å². The number of rotatable bonds is 11. The standard InChI is InChI=1S/C24H26N6O5/c1-33-20-7-3-18(4-8-20)29-30-19-5-9-21(10-6-19)34-11-2-12-35-22-14-16(23(31)27-25)13-17(15-22)24(32)28-26/h3-10,13-15H,2,11-12,25-26H2,1H3,(H,27,31)(H,28,32). The molecule has 0 radical (unpaired) electrons. The number of ether oxygens (including phenoxy) is 3. The van der Waals surface area contributed by atoms with Crippen LogP contribution in [-0.2, 0) is 0 Å². The predicted octanol–water partition coefficient (Wildman–Crippen LogP) is 3.17. The maximum Gasteiger partial charge on any atom is 0.265 e. The highest BCUT2D eigenvalue weighted by Gasteiger charge is 2.12. The Morgan fingerprint density at radius 2 is 1.17 bits per heavy atom. The number of carbonyl (C=O) groups excluding carboxylic acids is 2. The van der Waals surface area contributed by atoms with Crippen LogP contribution < -0.4 is 36.7 Å². The number of azo groups is 1. The van der Waals surface area contributed by atoms with Gasteiger partial charge in [-0.25, -0.2) is 11.7 Å². The van der Waals surface area contributed by atoms with E-state index in [9.17, 15) is 9.59 Å². The first-order valence-electron chi connectivity index (χ1n) is 10.6. The molecule has 3 rings (SSSR count). The summed E-state index contributed by atoms with van der Waals surface area (Å²) >= 11 is 0. The minimum Gasteiger partial charge on any atom is -0.497 e. The fourth-order valence-corrected chi connectivity index (χ4v) is 2.92. The van der Waals surface area contributed by atoms with Crippen LogP contribution in [0, 0.1) is 0 Å². The fraction of sp³-hybridized carbons (Fsp3) is 0.167. The van der Waals surface area contributed by atoms with Crippen molar-refractivity contribution < 1.29 is 23.8 Å². The minimum absolute atomic E-state index is 0.170. The molecule has 0 unspecified atom stereocenters. The molecule has 0 bridgehead atoms. The lowest BCUT2D eigenvalue weighted by Crippen LogP contribution is -2.32. The van der Waals surface area contributed by atoms with E-state index in [2.05, 4.69) is 10.2 Å². The predicted molar refractivity (Wildman–Crippen MR) is 129 cm³/mol. The Hall–Kier alpha value is -4.48. The van der Waals surface area contributed by atoms with E-state index in [0.717, 1.165) is 11.4 Å². The van der Waals surface area contributed by atoms with Gasteiger partial charge in [0, 0.05) is 17.5 Å². The van der Waals surface area contributed by atoms with Gasteiger partial charge in [-0.1, -0.05) is 0 Å². The van der Waals surface area contributed by atoms with Crippen LogP contribution in [0.5, 0.6) is 17.2 Å². The zero-order chi connectivity index (χ0) is 25.0. The van der Waals surface area contributed by atoms with Crippen LogP contribution in [-0.4, -0.2) is 32.1 Å². The summed E-state index contributed by atoms with van der Waals surface area (Å²) in [5.74, 6) is 11.0. The van der Waals surface area contributed by atoms with Gasteiger partial charge in [-0.05, 0) is 66.7 Å². The Labute approximate surface area is 202 Å². The average Bonchev–Trinajstić information content (AvgIpc) is 2.91. The third-order valence-corrected chi connectivity index (χ3v) is 4.71. The van der Waals surface area contributed by atoms with Crippen LogP contribution in [0.3, 0.4) is 0 Å². The normalized spacial score (nSPS) is 10.6. The molecule has 0 spiro atoms. The number of nitrogens with zero attached hydrogens (tertiary/aromatic N) is 2. The Balaban J connectivity index is 1.47. The number of hydrogen-bond donors (Lipinski definition) is 4. The molecule has 0 aliphatic carbocycles. The molecule has 0 aliphatic heterocycles. The van der Waals surface area contributed by atoms with Crippen molar-refractivity contribution in [3.8, 4) is 17.2 Å². The Morgan fingerprint density at radius 1 is 0.714 bits per heavy atom. The van der Waals surface area contributed by atoms with Crippen molar-refractivity contribution in [3.05, 3.63) is 77.9 Å². The van der Waals surface area contributed by atoms with E-state index in [4.69, 9.17) is 25.9 Å². The number of benzene rings is 3. The van der Waals surface area contributed by atoms with Gasteiger partial charge in [-0.2, -0.15) is 10.2 Å². The number of nitrogens with two attached hydrogens (primary N) is 2. The largest absolute Gasteiger partial charge is 0.497 e. The third kappa shape index (κ3) is 7.52. The van der Waals surface area contributed by atoms with Crippen molar-refractivity contribution in [2.45, 2.75) is 6.42 Å². The van der Waals surface area contributed by atoms with Gasteiger partial charge in [0.1, 0.15) is 17.2 Å². The second kappa shape index (κ2) is 12.7. The van der Waals surface area contributed by atoms with Crippen molar-refractivity contribution in [2.75, 3.05) is 20.3 Å². The maximum absolute atomic E-state index is 11.8. The molecule has 0 heterocycles. The minimum atomic E-state index is -0.558. The molecule has 3 aromatic carbocycles. The molecule has 0 aliphatic rings. The number of carbonyl (C=O) groups is 2. The number of amides is 2. The van der Waals surface area contributed by atoms with Crippen molar-refractivity contribution >= 4 is 23.2 Å². The monoisotopic (exact) mass is 478 g/mol. The average molecular weight is 479 g/mol. The second-order valence-corrected chi connectivity index (χ2v) is 7.14. The molecule has 0 fully saturated rings. The number of methoxy groups -OCH3 is 1. The highest BCUT2D eigenvalue weighted by Crippen LogP contribution is 2.23. The molecule has 6 N–H and O–H groups in total. The Kier molecular flexibility index (Phi) is 9.11. The van der Waals surface area contributed by atoms with Crippen LogP contribution in [0.4, 0.5) is 11.4 Å². The molecular formula is C24H26N6O5. The second-order valence-electron chi connectivity index (χ2n) is 7.14. The molecule has 0 saturated carbocycles. The summed E-state index contributed by atoms with van der Waals surface area (Å²) in [5, 5.41) is 8.39. The van der Waals surface area contributed by atoms with Gasteiger partial charge in [0.2, 0.25) is 0 Å². The lowest BCUT2D eigenvalue weighted by atomic mass is 10.1. The lowest BCUT2D eigenvalue weighted by Gasteiger charge is -2.11. The molecule has 35 heavy (non-hydrogen) atoms. The van der Waals surface area contributed by atoms with Crippen LogP contribution in [0.15, 0.2) is 77.0 Å². The van der Waals surface area contributed by atoms with Crippen LogP contribution >= 0.6 is 0 Å². The van der Waals surface area contributed by atoms with Gasteiger partial charge in [-0.15, -0.1) is 0 Å². The van der Waals surface area contributed by atoms with Crippen LogP contribution in [0.2, 0.25) is 0 Å². The molecule has 3 aromatic rings. The van der Waals surface area contributed by atoms with Gasteiger partial charge in [0.25, 0.3) is 11.8 Å². The molecular weight excluding hydrogens is 452 g/mol. The first-order chi connectivity index (χ1) is 17.0.